The van der Waals surface area contributed by atoms with E-state index in [1.807, 2.05) is 0 Å². The number of carboxylic acid groups (broad SMARTS) is 1. The first kappa shape index (κ1) is 32.0. The second-order valence-corrected chi connectivity index (χ2v) is 11.3. The number of alkyl carbamates (subject to hydrolysis) is 1. The molecular formula is C24H31F3N3O8S+. The number of nitrogens with zero attached hydrogens (tertiary/aromatic N) is 2. The zero-order valence-electron chi connectivity index (χ0n) is 21.8. The molecule has 0 aromatic heterocycles. The van der Waals surface area contributed by atoms with Crippen LogP contribution in [0.25, 0.3) is 0 Å². The average Bonchev–Trinajstić information content (AvgIpc) is 3.19. The van der Waals surface area contributed by atoms with Crippen LogP contribution in [0.1, 0.15) is 46.1 Å². The molecule has 15 heteroatoms. The van der Waals surface area contributed by atoms with Crippen LogP contribution < -0.4 is 5.32 Å². The van der Waals surface area contributed by atoms with Gasteiger partial charge < -0.3 is 15.2 Å². The van der Waals surface area contributed by atoms with Gasteiger partial charge in [0.1, 0.15) is 17.7 Å². The molecule has 216 valence electrons. The van der Waals surface area contributed by atoms with E-state index in [-0.39, 0.29) is 43.3 Å². The number of carbonyl (C=O) groups excluding carboxylic acids is 3. The van der Waals surface area contributed by atoms with Gasteiger partial charge in [-0.1, -0.05) is 23.9 Å². The smallest absolute Gasteiger partial charge is 0.444 e. The molecule has 1 aliphatic heterocycles. The summed E-state index contributed by atoms with van der Waals surface area (Å²) >= 11 is 0.144. The summed E-state index contributed by atoms with van der Waals surface area (Å²) in [5.74, 6) is -5.38. The van der Waals surface area contributed by atoms with Gasteiger partial charge in [-0.05, 0) is 33.3 Å². The van der Waals surface area contributed by atoms with Gasteiger partial charge >= 0.3 is 24.3 Å². The number of nitro benzene ring substituents is 1. The Morgan fingerprint density at radius 2 is 1.79 bits per heavy atom. The molecule has 0 spiro atoms. The Labute approximate surface area is 226 Å². The minimum absolute atomic E-state index is 0.144. The lowest BCUT2D eigenvalue weighted by atomic mass is 10.1. The molecular weight excluding hydrogens is 547 g/mol. The molecule has 2 rings (SSSR count). The normalized spacial score (nSPS) is 21.1. The minimum Gasteiger partial charge on any atom is -0.444 e. The van der Waals surface area contributed by atoms with Crippen molar-refractivity contribution < 1.29 is 51.6 Å². The predicted octanol–water partition coefficient (Wildman–Crippen LogP) is 4.67. The first-order chi connectivity index (χ1) is 17.9. The van der Waals surface area contributed by atoms with E-state index in [2.05, 4.69) is 5.32 Å². The number of nitro groups is 1. The zero-order valence-corrected chi connectivity index (χ0v) is 22.6. The number of rotatable bonds is 8. The van der Waals surface area contributed by atoms with Crippen molar-refractivity contribution in [1.29, 1.82) is 0 Å². The molecule has 1 saturated heterocycles. The Kier molecular flexibility index (Phi) is 10.1. The highest BCUT2D eigenvalue weighted by molar-refractivity contribution is 8.13. The van der Waals surface area contributed by atoms with Gasteiger partial charge in [0.2, 0.25) is 5.12 Å². The van der Waals surface area contributed by atoms with E-state index in [4.69, 9.17) is 4.74 Å². The standard InChI is InChI=1S/C24H30F3N3O8S/c1-14-6-5-11-30(14,22(34)35)19(31)17(24(25,26)27)13-39-20(32)18(28-21(33)38-23(2,3)4)12-15-7-9-16(10-8-15)29(36)37/h7-10,14,17-18H,5-6,11-13H2,1-4H3,(H-,28,33,34,35)/p+1/t14-,17?,18+,30?/m1/s1. The Balaban J connectivity index is 2.29. The van der Waals surface area contributed by atoms with E-state index in [0.29, 0.717) is 5.56 Å². The molecule has 3 amide bonds. The molecule has 2 N–H and O–H groups in total. The number of alkyl halides is 3. The third kappa shape index (κ3) is 8.14. The van der Waals surface area contributed by atoms with Gasteiger partial charge in [-0.15, -0.1) is 0 Å². The van der Waals surface area contributed by atoms with Crippen LogP contribution in [0.3, 0.4) is 0 Å². The highest BCUT2D eigenvalue weighted by Gasteiger charge is 2.61. The maximum absolute atomic E-state index is 14.0. The third-order valence-corrected chi connectivity index (χ3v) is 7.34. The summed E-state index contributed by atoms with van der Waals surface area (Å²) in [7, 11) is 0. The van der Waals surface area contributed by atoms with Gasteiger partial charge in [-0.2, -0.15) is 22.4 Å². The average molecular weight is 579 g/mol. The number of hydrogen-bond acceptors (Lipinski definition) is 8. The van der Waals surface area contributed by atoms with Crippen LogP contribution in [0, 0.1) is 16.0 Å². The number of amides is 3. The number of hydrogen-bond donors (Lipinski definition) is 2. The van der Waals surface area contributed by atoms with Crippen LogP contribution in [0.4, 0.5) is 28.4 Å². The first-order valence-corrected chi connectivity index (χ1v) is 13.0. The van der Waals surface area contributed by atoms with Gasteiger partial charge in [0.05, 0.1) is 11.5 Å². The number of halogens is 3. The SMILES string of the molecule is C[C@@H]1CCC[N+]1(C(=O)O)C(=O)C(CSC(=O)[C@H](Cc1ccc([N+](=O)[O-])cc1)NC(=O)OC(C)(C)C)C(F)(F)F. The molecule has 0 aliphatic carbocycles. The van der Waals surface area contributed by atoms with E-state index in [0.717, 1.165) is 0 Å². The number of quaternary nitrogens is 1. The number of likely N-dealkylation sites (tertiary alicyclic amines) is 1. The number of ether oxygens (including phenoxy) is 1. The van der Waals surface area contributed by atoms with E-state index >= 15 is 0 Å². The number of thioether (sulfide) groups is 1. The lowest BCUT2D eigenvalue weighted by Crippen LogP contribution is -2.62. The van der Waals surface area contributed by atoms with Crippen LogP contribution >= 0.6 is 11.8 Å². The maximum atomic E-state index is 14.0. The number of non-ortho nitro benzene ring substituents is 1. The lowest BCUT2D eigenvalue weighted by molar-refractivity contribution is -0.794. The van der Waals surface area contributed by atoms with Crippen LogP contribution in [0.5, 0.6) is 0 Å². The summed E-state index contributed by atoms with van der Waals surface area (Å²) in [6.45, 7) is 5.80. The summed E-state index contributed by atoms with van der Waals surface area (Å²) in [5, 5.41) is 22.0. The van der Waals surface area contributed by atoms with Crippen molar-refractivity contribution >= 4 is 40.7 Å². The fourth-order valence-electron chi connectivity index (χ4n) is 4.27. The molecule has 39 heavy (non-hydrogen) atoms. The van der Waals surface area contributed by atoms with Crippen LogP contribution in [0.15, 0.2) is 24.3 Å². The van der Waals surface area contributed by atoms with Gasteiger partial charge in [-0.3, -0.25) is 14.9 Å². The molecule has 11 nitrogen and oxygen atoms in total. The number of benzene rings is 1. The van der Waals surface area contributed by atoms with Gasteiger partial charge in [-0.25, -0.2) is 9.59 Å². The second-order valence-electron chi connectivity index (χ2n) is 10.3. The van der Waals surface area contributed by atoms with Crippen LogP contribution in [0.2, 0.25) is 0 Å². The molecule has 1 aliphatic rings. The fraction of sp³-hybridized carbons (Fsp3) is 0.583. The molecule has 0 saturated carbocycles. The molecule has 2 unspecified atom stereocenters. The van der Waals surface area contributed by atoms with Crippen LogP contribution in [-0.4, -0.2) is 73.9 Å². The second kappa shape index (κ2) is 12.3. The third-order valence-electron chi connectivity index (χ3n) is 6.27. The summed E-state index contributed by atoms with van der Waals surface area (Å²) in [6, 6.07) is 2.71. The Morgan fingerprint density at radius 1 is 1.21 bits per heavy atom. The fourth-order valence-corrected chi connectivity index (χ4v) is 5.27. The maximum Gasteiger partial charge on any atom is 0.521 e. The summed E-state index contributed by atoms with van der Waals surface area (Å²) < 4.78 is 45.7. The molecule has 1 heterocycles. The van der Waals surface area contributed by atoms with E-state index < -0.39 is 68.1 Å². The highest BCUT2D eigenvalue weighted by atomic mass is 32.2. The van der Waals surface area contributed by atoms with Gasteiger partial charge in [0.15, 0.2) is 5.92 Å². The topological polar surface area (TPSA) is 153 Å². The van der Waals surface area contributed by atoms with Gasteiger partial charge in [0.25, 0.3) is 5.69 Å². The van der Waals surface area contributed by atoms with Crippen molar-refractivity contribution in [2.45, 2.75) is 70.8 Å². The summed E-state index contributed by atoms with van der Waals surface area (Å²) in [4.78, 5) is 60.7. The van der Waals surface area contributed by atoms with E-state index in [1.54, 1.807) is 20.8 Å². The van der Waals surface area contributed by atoms with Gasteiger partial charge in [0, 0.05) is 37.1 Å². The predicted molar refractivity (Wildman–Crippen MR) is 134 cm³/mol. The van der Waals surface area contributed by atoms with E-state index in [9.17, 15) is 47.6 Å². The van der Waals surface area contributed by atoms with Crippen molar-refractivity contribution in [2.24, 2.45) is 5.92 Å². The molecule has 0 bridgehead atoms. The number of nitrogens with one attached hydrogen (secondary N) is 1. The Morgan fingerprint density at radius 3 is 2.23 bits per heavy atom. The van der Waals surface area contributed by atoms with Crippen molar-refractivity contribution in [3.05, 3.63) is 39.9 Å². The quantitative estimate of drug-likeness (QED) is 0.254. The van der Waals surface area contributed by atoms with Crippen molar-refractivity contribution in [1.82, 2.24) is 5.32 Å². The summed E-state index contributed by atoms with van der Waals surface area (Å²) in [5.41, 5.74) is -0.817. The summed E-state index contributed by atoms with van der Waals surface area (Å²) in [6.07, 6.45) is -7.55. The molecule has 0 radical (unpaired) electrons. The molecule has 1 fully saturated rings. The van der Waals surface area contributed by atoms with Crippen molar-refractivity contribution in [3.8, 4) is 0 Å². The first-order valence-electron chi connectivity index (χ1n) is 12.0. The molecule has 1 aromatic rings. The van der Waals surface area contributed by atoms with Crippen molar-refractivity contribution in [2.75, 3.05) is 12.3 Å². The van der Waals surface area contributed by atoms with E-state index in [1.165, 1.54) is 31.2 Å². The lowest BCUT2D eigenvalue weighted by Gasteiger charge is -2.33. The largest absolute Gasteiger partial charge is 0.521 e. The number of carbonyl (C=O) groups is 4. The highest BCUT2D eigenvalue weighted by Crippen LogP contribution is 2.38. The monoisotopic (exact) mass is 578 g/mol. The zero-order chi connectivity index (χ0) is 29.8. The van der Waals surface area contributed by atoms with Crippen LogP contribution in [-0.2, 0) is 20.7 Å². The Hall–Kier alpha value is -3.20. The van der Waals surface area contributed by atoms with Crippen molar-refractivity contribution in [3.63, 3.8) is 0 Å². The minimum atomic E-state index is -5.13. The number of imide groups is 1. The molecule has 4 atom stereocenters. The molecule has 1 aromatic carbocycles. The Bertz CT molecular complexity index is 1110.